The van der Waals surface area contributed by atoms with Gasteiger partial charge in [-0.25, -0.2) is 4.98 Å². The summed E-state index contributed by atoms with van der Waals surface area (Å²) in [6, 6.07) is 14.0. The summed E-state index contributed by atoms with van der Waals surface area (Å²) in [6.45, 7) is -0.0945. The van der Waals surface area contributed by atoms with Gasteiger partial charge < -0.3 is 10.1 Å². The predicted octanol–water partition coefficient (Wildman–Crippen LogP) is 2.04. The van der Waals surface area contributed by atoms with Crippen molar-refractivity contribution in [3.05, 3.63) is 65.2 Å². The highest BCUT2D eigenvalue weighted by Crippen LogP contribution is 2.14. The van der Waals surface area contributed by atoms with Crippen LogP contribution < -0.4 is 15.6 Å². The lowest BCUT2D eigenvalue weighted by atomic mass is 10.2. The van der Waals surface area contributed by atoms with E-state index in [0.29, 0.717) is 22.3 Å². The number of hydrogen-bond donors (Lipinski definition) is 1. The van der Waals surface area contributed by atoms with Gasteiger partial charge in [0.15, 0.2) is 0 Å². The minimum Gasteiger partial charge on any atom is -0.497 e. The number of aromatic nitrogens is 2. The molecule has 0 aliphatic carbocycles. The number of amides is 1. The molecule has 0 atom stereocenters. The van der Waals surface area contributed by atoms with Gasteiger partial charge in [0.2, 0.25) is 5.91 Å². The Balaban J connectivity index is 1.77. The Kier molecular flexibility index (Phi) is 4.05. The number of carbonyl (C=O) groups is 1. The summed E-state index contributed by atoms with van der Waals surface area (Å²) in [6.07, 6.45) is 1.39. The number of para-hydroxylation sites is 1. The normalized spacial score (nSPS) is 10.5. The number of nitrogens with one attached hydrogen (secondary N) is 1. The largest absolute Gasteiger partial charge is 0.497 e. The molecule has 0 fully saturated rings. The van der Waals surface area contributed by atoms with Crippen LogP contribution in [0.5, 0.6) is 5.75 Å². The summed E-state index contributed by atoms with van der Waals surface area (Å²) in [4.78, 5) is 28.6. The topological polar surface area (TPSA) is 73.2 Å². The maximum absolute atomic E-state index is 12.3. The summed E-state index contributed by atoms with van der Waals surface area (Å²) in [7, 11) is 1.58. The van der Waals surface area contributed by atoms with Crippen molar-refractivity contribution in [1.29, 1.82) is 0 Å². The van der Waals surface area contributed by atoms with Crippen molar-refractivity contribution in [1.82, 2.24) is 9.55 Å². The highest BCUT2D eigenvalue weighted by Gasteiger charge is 2.08. The molecule has 0 aliphatic rings. The Morgan fingerprint density at radius 3 is 2.65 bits per heavy atom. The third-order valence-electron chi connectivity index (χ3n) is 3.42. The van der Waals surface area contributed by atoms with Crippen molar-refractivity contribution < 1.29 is 9.53 Å². The molecule has 0 saturated carbocycles. The number of benzene rings is 2. The lowest BCUT2D eigenvalue weighted by molar-refractivity contribution is -0.116. The van der Waals surface area contributed by atoms with Crippen LogP contribution in [0.25, 0.3) is 10.9 Å². The smallest absolute Gasteiger partial charge is 0.261 e. The fourth-order valence-electron chi connectivity index (χ4n) is 2.25. The maximum atomic E-state index is 12.3. The van der Waals surface area contributed by atoms with E-state index in [9.17, 15) is 9.59 Å². The van der Waals surface area contributed by atoms with Crippen LogP contribution in [-0.4, -0.2) is 22.6 Å². The van der Waals surface area contributed by atoms with Crippen LogP contribution >= 0.6 is 0 Å². The van der Waals surface area contributed by atoms with Gasteiger partial charge in [0.25, 0.3) is 5.56 Å². The Bertz CT molecular complexity index is 901. The van der Waals surface area contributed by atoms with Gasteiger partial charge in [-0.05, 0) is 36.4 Å². The second-order valence-electron chi connectivity index (χ2n) is 4.97. The number of methoxy groups -OCH3 is 1. The molecule has 0 aliphatic heterocycles. The Morgan fingerprint density at radius 2 is 1.91 bits per heavy atom. The van der Waals surface area contributed by atoms with E-state index in [4.69, 9.17) is 4.74 Å². The average molecular weight is 309 g/mol. The van der Waals surface area contributed by atoms with Gasteiger partial charge in [-0.3, -0.25) is 14.2 Å². The zero-order valence-electron chi connectivity index (χ0n) is 12.5. The molecule has 23 heavy (non-hydrogen) atoms. The van der Waals surface area contributed by atoms with Crippen LogP contribution in [0.4, 0.5) is 5.69 Å². The van der Waals surface area contributed by atoms with Crippen molar-refractivity contribution in [3.63, 3.8) is 0 Å². The number of rotatable bonds is 4. The molecule has 1 amide bonds. The molecule has 2 aromatic carbocycles. The van der Waals surface area contributed by atoms with Crippen molar-refractivity contribution in [2.75, 3.05) is 12.4 Å². The Morgan fingerprint density at radius 1 is 1.17 bits per heavy atom. The Hall–Kier alpha value is -3.15. The molecular formula is C17H15N3O3. The number of carbonyl (C=O) groups excluding carboxylic acids is 1. The van der Waals surface area contributed by atoms with Crippen LogP contribution in [0.3, 0.4) is 0 Å². The van der Waals surface area contributed by atoms with Crippen molar-refractivity contribution in [2.45, 2.75) is 6.54 Å². The molecule has 116 valence electrons. The number of ether oxygens (including phenoxy) is 1. The third-order valence-corrected chi connectivity index (χ3v) is 3.42. The molecule has 6 nitrogen and oxygen atoms in total. The van der Waals surface area contributed by atoms with Crippen LogP contribution in [-0.2, 0) is 11.3 Å². The SMILES string of the molecule is COc1ccc(NC(=O)Cn2cnc3ccccc3c2=O)cc1. The second-order valence-corrected chi connectivity index (χ2v) is 4.97. The number of nitrogens with zero attached hydrogens (tertiary/aromatic N) is 2. The summed E-state index contributed by atoms with van der Waals surface area (Å²) in [5, 5.41) is 3.23. The molecule has 0 radical (unpaired) electrons. The molecule has 0 spiro atoms. The summed E-state index contributed by atoms with van der Waals surface area (Å²) < 4.78 is 6.35. The molecular weight excluding hydrogens is 294 g/mol. The first-order valence-electron chi connectivity index (χ1n) is 7.05. The molecule has 6 heteroatoms. The van der Waals surface area contributed by atoms with Gasteiger partial charge in [0.05, 0.1) is 24.3 Å². The number of fused-ring (bicyclic) bond motifs is 1. The Labute approximate surface area is 132 Å². The van der Waals surface area contributed by atoms with E-state index >= 15 is 0 Å². The zero-order chi connectivity index (χ0) is 16.2. The molecule has 0 unspecified atom stereocenters. The van der Waals surface area contributed by atoms with E-state index in [1.54, 1.807) is 49.6 Å². The van der Waals surface area contributed by atoms with E-state index in [2.05, 4.69) is 10.3 Å². The van der Waals surface area contributed by atoms with E-state index in [0.717, 1.165) is 0 Å². The fourth-order valence-corrected chi connectivity index (χ4v) is 2.25. The lowest BCUT2D eigenvalue weighted by Gasteiger charge is -2.08. The molecule has 1 aromatic heterocycles. The van der Waals surface area contributed by atoms with Gasteiger partial charge in [0, 0.05) is 5.69 Å². The molecule has 3 aromatic rings. The van der Waals surface area contributed by atoms with Gasteiger partial charge in [-0.2, -0.15) is 0 Å². The maximum Gasteiger partial charge on any atom is 0.261 e. The highest BCUT2D eigenvalue weighted by molar-refractivity contribution is 5.90. The minimum absolute atomic E-state index is 0.0945. The van der Waals surface area contributed by atoms with E-state index < -0.39 is 0 Å². The first kappa shape index (κ1) is 14.8. The van der Waals surface area contributed by atoms with E-state index in [1.165, 1.54) is 10.9 Å². The first-order chi connectivity index (χ1) is 11.2. The van der Waals surface area contributed by atoms with Crippen LogP contribution in [0, 0.1) is 0 Å². The first-order valence-corrected chi connectivity index (χ1v) is 7.05. The molecule has 1 N–H and O–H groups in total. The minimum atomic E-state index is -0.297. The van der Waals surface area contributed by atoms with Gasteiger partial charge >= 0.3 is 0 Å². The molecule has 3 rings (SSSR count). The standard InChI is InChI=1S/C17H15N3O3/c1-23-13-8-6-12(7-9-13)19-16(21)10-20-11-18-15-5-3-2-4-14(15)17(20)22/h2-9,11H,10H2,1H3,(H,19,21). The van der Waals surface area contributed by atoms with E-state index in [-0.39, 0.29) is 18.0 Å². The third kappa shape index (κ3) is 3.21. The molecule has 0 bridgehead atoms. The van der Waals surface area contributed by atoms with Crippen molar-refractivity contribution in [2.24, 2.45) is 0 Å². The quantitative estimate of drug-likeness (QED) is 0.800. The fraction of sp³-hybridized carbons (Fsp3) is 0.118. The highest BCUT2D eigenvalue weighted by atomic mass is 16.5. The van der Waals surface area contributed by atoms with Gasteiger partial charge in [-0.15, -0.1) is 0 Å². The van der Waals surface area contributed by atoms with Crippen molar-refractivity contribution in [3.8, 4) is 5.75 Å². The summed E-state index contributed by atoms with van der Waals surface area (Å²) >= 11 is 0. The molecule has 1 heterocycles. The number of hydrogen-bond acceptors (Lipinski definition) is 4. The number of anilines is 1. The molecule has 0 saturated heterocycles. The monoisotopic (exact) mass is 309 g/mol. The van der Waals surface area contributed by atoms with Gasteiger partial charge in [-0.1, -0.05) is 12.1 Å². The van der Waals surface area contributed by atoms with Crippen LogP contribution in [0.15, 0.2) is 59.7 Å². The van der Waals surface area contributed by atoms with E-state index in [1.807, 2.05) is 6.07 Å². The van der Waals surface area contributed by atoms with Crippen LogP contribution in [0.1, 0.15) is 0 Å². The zero-order valence-corrected chi connectivity index (χ0v) is 12.5. The van der Waals surface area contributed by atoms with Crippen LogP contribution in [0.2, 0.25) is 0 Å². The lowest BCUT2D eigenvalue weighted by Crippen LogP contribution is -2.27. The second kappa shape index (κ2) is 6.31. The summed E-state index contributed by atoms with van der Waals surface area (Å²) in [5.41, 5.74) is 1.02. The predicted molar refractivity (Wildman–Crippen MR) is 87.6 cm³/mol. The van der Waals surface area contributed by atoms with Gasteiger partial charge in [0.1, 0.15) is 12.3 Å². The van der Waals surface area contributed by atoms with Crippen molar-refractivity contribution >= 4 is 22.5 Å². The average Bonchev–Trinajstić information content (AvgIpc) is 2.58. The summed E-state index contributed by atoms with van der Waals surface area (Å²) in [5.74, 6) is 0.410.